The van der Waals surface area contributed by atoms with Crippen LogP contribution >= 0.6 is 0 Å². The van der Waals surface area contributed by atoms with Crippen LogP contribution in [0.2, 0.25) is 0 Å². The largest absolute Gasteiger partial charge is 3.00 e. The van der Waals surface area contributed by atoms with Gasteiger partial charge in [-0.05, 0) is 90.0 Å². The molecule has 0 N–H and O–H groups in total. The third kappa shape index (κ3) is 19.8. The maximum absolute atomic E-state index is 12.2. The number of nitrogens with zero attached hydrogens (tertiary/aromatic N) is 14. The Labute approximate surface area is 581 Å². The van der Waals surface area contributed by atoms with Gasteiger partial charge in [0.25, 0.3) is 0 Å². The number of imidazole rings is 3. The van der Waals surface area contributed by atoms with Gasteiger partial charge in [-0.3, -0.25) is 0 Å². The minimum Gasteiger partial charge on any atom is -0.871 e. The predicted octanol–water partition coefficient (Wildman–Crippen LogP) is 15.1. The van der Waals surface area contributed by atoms with Gasteiger partial charge >= 0.3 is 40.8 Å². The van der Waals surface area contributed by atoms with Gasteiger partial charge in [0.2, 0.25) is 0 Å². The van der Waals surface area contributed by atoms with Crippen LogP contribution in [0.3, 0.4) is 0 Å². The number of hydrogen-bond donors (Lipinski definition) is 0. The van der Waals surface area contributed by atoms with Crippen LogP contribution < -0.4 is 29.5 Å². The fourth-order valence-corrected chi connectivity index (χ4v) is 9.66. The number of pyridine rings is 3. The number of aromatic nitrogens is 9. The summed E-state index contributed by atoms with van der Waals surface area (Å²) in [5, 5.41) is 75.6. The number of para-hydroxylation sites is 3. The molecule has 0 aliphatic heterocycles. The zero-order chi connectivity index (χ0) is 67.8. The van der Waals surface area contributed by atoms with E-state index >= 15 is 0 Å². The molecule has 1 radical (unpaired) electrons. The number of aryl methyl sites for hydroxylation is 3. The Morgan fingerprint density at radius 3 is 0.830 bits per heavy atom. The van der Waals surface area contributed by atoms with Crippen molar-refractivity contribution in [2.24, 2.45) is 0 Å². The van der Waals surface area contributed by atoms with E-state index in [1.807, 2.05) is 109 Å². The Balaban J connectivity index is 0.000000270. The summed E-state index contributed by atoms with van der Waals surface area (Å²) in [5.74, 6) is 4.48. The molecule has 6 aromatic heterocycles. The van der Waals surface area contributed by atoms with Gasteiger partial charge in [-0.15, -0.1) is 0 Å². The SMILES string of the molecule is CC#N.CC#N.CC#N.CC#N.CC#N.CCCCn1c(-c2ccc3cccc([O-])c3n2)nc2cc(OC)ccc21.CCCCn1c(-c2ccc3cccc([O-])c3n2)nc2cc(OC)ccc21.CCCCn1c(-c2ccc3cccc([O-])c3n2)nc2cc(OC)ccc21.[Nd+3]. The Kier molecular flexibility index (Phi) is 32.1. The first-order valence-electron chi connectivity index (χ1n) is 30.1. The first kappa shape index (κ1) is 76.0. The third-order valence-corrected chi connectivity index (χ3v) is 13.8. The average molecular weight is 1390 g/mol. The van der Waals surface area contributed by atoms with Crippen LogP contribution in [0.5, 0.6) is 34.5 Å². The van der Waals surface area contributed by atoms with Crippen LogP contribution in [0, 0.1) is 97.5 Å². The number of methoxy groups -OCH3 is 3. The van der Waals surface area contributed by atoms with Gasteiger partial charge in [-0.1, -0.05) is 130 Å². The van der Waals surface area contributed by atoms with Crippen LogP contribution in [0.15, 0.2) is 146 Å². The van der Waals surface area contributed by atoms with E-state index < -0.39 is 0 Å². The molecule has 0 unspecified atom stereocenters. The average Bonchev–Trinajstić information content (AvgIpc) is 1.61. The van der Waals surface area contributed by atoms with E-state index in [1.165, 1.54) is 34.6 Å². The maximum atomic E-state index is 12.2. The molecule has 6 aromatic carbocycles. The van der Waals surface area contributed by atoms with E-state index in [0.29, 0.717) is 33.6 Å². The summed E-state index contributed by atoms with van der Waals surface area (Å²) in [6.45, 7) is 16.2. The molecule has 0 fully saturated rings. The van der Waals surface area contributed by atoms with Crippen molar-refractivity contribution < 1.29 is 70.4 Å². The van der Waals surface area contributed by atoms with Gasteiger partial charge in [0.05, 0.1) is 101 Å². The van der Waals surface area contributed by atoms with Crippen molar-refractivity contribution in [3.63, 3.8) is 0 Å². The van der Waals surface area contributed by atoms with Crippen molar-refractivity contribution >= 4 is 65.8 Å². The molecule has 0 aliphatic carbocycles. The van der Waals surface area contributed by atoms with Crippen molar-refractivity contribution in [2.45, 2.75) is 114 Å². The van der Waals surface area contributed by atoms with Crippen molar-refractivity contribution in [1.29, 1.82) is 26.3 Å². The fourth-order valence-electron chi connectivity index (χ4n) is 9.66. The monoisotopic (exact) mass is 1390 g/mol. The van der Waals surface area contributed by atoms with Crippen molar-refractivity contribution in [2.75, 3.05) is 21.3 Å². The molecular weight excluding hydrogens is 1310 g/mol. The summed E-state index contributed by atoms with van der Waals surface area (Å²) < 4.78 is 22.5. The van der Waals surface area contributed by atoms with E-state index in [-0.39, 0.29) is 58.1 Å². The summed E-state index contributed by atoms with van der Waals surface area (Å²) in [6, 6.07) is 53.7. The van der Waals surface area contributed by atoms with Gasteiger partial charge in [-0.2, -0.15) is 26.3 Å². The zero-order valence-corrected chi connectivity index (χ0v) is 58.1. The van der Waals surface area contributed by atoms with Gasteiger partial charge in [0.1, 0.15) is 34.3 Å². The van der Waals surface area contributed by atoms with Crippen LogP contribution in [0.4, 0.5) is 0 Å². The zero-order valence-electron chi connectivity index (χ0n) is 54.9. The van der Waals surface area contributed by atoms with Crippen LogP contribution in [0.25, 0.3) is 100 Å². The number of benzene rings is 6. The third-order valence-electron chi connectivity index (χ3n) is 13.8. The Hall–Kier alpha value is -10.4. The first-order chi connectivity index (χ1) is 45.2. The molecule has 6 heterocycles. The summed E-state index contributed by atoms with van der Waals surface area (Å²) in [7, 11) is 4.95. The molecule has 0 saturated carbocycles. The topological polar surface area (TPSA) is 308 Å². The quantitative estimate of drug-likeness (QED) is 0.0920. The molecule has 0 atom stereocenters. The molecule has 12 aromatic rings. The molecule has 0 amide bonds. The second-order valence-corrected chi connectivity index (χ2v) is 20.1. The Bertz CT molecular complexity index is 4160. The number of ether oxygens (including phenoxy) is 3. The van der Waals surface area contributed by atoms with Crippen molar-refractivity contribution in [3.8, 4) is 99.4 Å². The first-order valence-corrected chi connectivity index (χ1v) is 30.1. The minimum atomic E-state index is -0.0674. The number of hydrogen-bond acceptors (Lipinski definition) is 17. The standard InChI is InChI=1S/3C21H21N3O2.5C2H3N.Nd/c3*1-3-4-12-24-18-11-9-15(26-2)13-17(18)23-21(24)16-10-8-14-6-5-7-19(25)20(14)22-16;5*1-2-3;/h3*5-11,13,25H,3-4,12H2,1-2H3;5*1H3;/q;;;;;;;;+3/p-3. The van der Waals surface area contributed by atoms with Crippen LogP contribution in [-0.2, 0) is 19.6 Å². The van der Waals surface area contributed by atoms with Gasteiger partial charge < -0.3 is 43.2 Å². The summed E-state index contributed by atoms with van der Waals surface area (Å²) >= 11 is 0. The summed E-state index contributed by atoms with van der Waals surface area (Å²) in [5.41, 5.74) is 9.34. The molecule has 21 heteroatoms. The molecule has 0 aliphatic rings. The molecular formula is C73H75N14NdO6. The molecule has 94 heavy (non-hydrogen) atoms. The van der Waals surface area contributed by atoms with Crippen molar-refractivity contribution in [3.05, 3.63) is 146 Å². The Morgan fingerprint density at radius 2 is 0.606 bits per heavy atom. The number of fused-ring (bicyclic) bond motifs is 6. The second kappa shape index (κ2) is 39.7. The van der Waals surface area contributed by atoms with E-state index in [4.69, 9.17) is 55.5 Å². The molecule has 20 nitrogen and oxygen atoms in total. The smallest absolute Gasteiger partial charge is 0.871 e. The van der Waals surface area contributed by atoms with Crippen molar-refractivity contribution in [1.82, 2.24) is 43.6 Å². The summed E-state index contributed by atoms with van der Waals surface area (Å²) in [4.78, 5) is 28.3. The normalized spacial score (nSPS) is 9.81. The molecule has 0 saturated heterocycles. The van der Waals surface area contributed by atoms with E-state index in [0.717, 1.165) is 142 Å². The number of unbranched alkanes of at least 4 members (excludes halogenated alkanes) is 3. The molecule has 0 spiro atoms. The van der Waals surface area contributed by atoms with Gasteiger partial charge in [0.15, 0.2) is 17.5 Å². The van der Waals surface area contributed by atoms with E-state index in [9.17, 15) is 15.3 Å². The maximum Gasteiger partial charge on any atom is 3.00 e. The second-order valence-electron chi connectivity index (χ2n) is 20.1. The Morgan fingerprint density at radius 1 is 0.362 bits per heavy atom. The van der Waals surface area contributed by atoms with E-state index in [1.54, 1.807) is 88.1 Å². The minimum absolute atomic E-state index is 0. The predicted molar refractivity (Wildman–Crippen MR) is 361 cm³/mol. The number of rotatable bonds is 15. The van der Waals surface area contributed by atoms with Crippen LogP contribution in [0.1, 0.15) is 93.9 Å². The van der Waals surface area contributed by atoms with Gasteiger partial charge in [-0.25, -0.2) is 29.9 Å². The number of nitriles is 5. The van der Waals surface area contributed by atoms with E-state index in [2.05, 4.69) is 49.4 Å². The molecule has 0 bridgehead atoms. The molecule has 12 rings (SSSR count). The summed E-state index contributed by atoms with van der Waals surface area (Å²) in [6.07, 6.45) is 6.40. The van der Waals surface area contributed by atoms with Gasteiger partial charge in [0, 0.05) is 72.5 Å². The van der Waals surface area contributed by atoms with Crippen LogP contribution in [-0.4, -0.2) is 64.9 Å². The molecule has 477 valence electrons. The fraction of sp³-hybridized carbons (Fsp3) is 0.274.